The fraction of sp³-hybridized carbons (Fsp3) is 0.208. The van der Waals surface area contributed by atoms with Gasteiger partial charge in [-0.1, -0.05) is 12.1 Å². The molecule has 3 heterocycles. The minimum absolute atomic E-state index is 0.00900. The predicted octanol–water partition coefficient (Wildman–Crippen LogP) is 5.16. The molecule has 2 amide bonds. The van der Waals surface area contributed by atoms with E-state index in [4.69, 9.17) is 9.40 Å². The van der Waals surface area contributed by atoms with Crippen LogP contribution in [0.5, 0.6) is 0 Å². The molecule has 4 aromatic rings. The number of carbonyl (C=O) groups is 2. The number of amides is 2. The van der Waals surface area contributed by atoms with Crippen molar-refractivity contribution in [2.24, 2.45) is 0 Å². The van der Waals surface area contributed by atoms with Gasteiger partial charge in [-0.2, -0.15) is 0 Å². The van der Waals surface area contributed by atoms with Gasteiger partial charge in [0.25, 0.3) is 11.8 Å². The summed E-state index contributed by atoms with van der Waals surface area (Å²) in [7, 11) is 0. The zero-order valence-electron chi connectivity index (χ0n) is 16.8. The fourth-order valence-electron chi connectivity index (χ4n) is 3.91. The number of furan rings is 1. The first-order chi connectivity index (χ1) is 15.2. The minimum atomic E-state index is -0.321. The van der Waals surface area contributed by atoms with Gasteiger partial charge in [-0.15, -0.1) is 11.3 Å². The second-order valence-corrected chi connectivity index (χ2v) is 8.68. The molecular weight excluding hydrogens is 410 g/mol. The van der Waals surface area contributed by atoms with E-state index in [9.17, 15) is 9.59 Å². The summed E-state index contributed by atoms with van der Waals surface area (Å²) in [5.41, 5.74) is 2.25. The minimum Gasteiger partial charge on any atom is -0.459 e. The van der Waals surface area contributed by atoms with Gasteiger partial charge in [-0.25, -0.2) is 4.98 Å². The van der Waals surface area contributed by atoms with Crippen LogP contribution in [0, 0.1) is 0 Å². The number of para-hydroxylation sites is 1. The van der Waals surface area contributed by atoms with Crippen LogP contribution >= 0.6 is 11.3 Å². The van der Waals surface area contributed by atoms with Gasteiger partial charge in [0, 0.05) is 30.3 Å². The van der Waals surface area contributed by atoms with E-state index in [-0.39, 0.29) is 23.5 Å². The largest absolute Gasteiger partial charge is 0.459 e. The molecule has 0 bridgehead atoms. The van der Waals surface area contributed by atoms with Gasteiger partial charge >= 0.3 is 0 Å². The molecule has 7 heteroatoms. The predicted molar refractivity (Wildman–Crippen MR) is 121 cm³/mol. The van der Waals surface area contributed by atoms with Crippen molar-refractivity contribution < 1.29 is 14.0 Å². The Hall–Kier alpha value is -3.45. The monoisotopic (exact) mass is 431 g/mol. The lowest BCUT2D eigenvalue weighted by molar-refractivity contribution is 0.0707. The van der Waals surface area contributed by atoms with Crippen molar-refractivity contribution in [3.8, 4) is 0 Å². The first-order valence-electron chi connectivity index (χ1n) is 10.3. The maximum atomic E-state index is 13.1. The molecule has 1 aliphatic rings. The van der Waals surface area contributed by atoms with E-state index in [1.165, 1.54) is 11.0 Å². The third-order valence-electron chi connectivity index (χ3n) is 5.50. The molecule has 2 aromatic heterocycles. The molecule has 156 valence electrons. The van der Waals surface area contributed by atoms with Crippen LogP contribution in [0.4, 0.5) is 5.69 Å². The summed E-state index contributed by atoms with van der Waals surface area (Å²) in [5.74, 6) is 0.199. The van der Waals surface area contributed by atoms with Gasteiger partial charge in [-0.05, 0) is 61.4 Å². The van der Waals surface area contributed by atoms with Crippen LogP contribution in [0.3, 0.4) is 0 Å². The van der Waals surface area contributed by atoms with Crippen molar-refractivity contribution in [2.45, 2.75) is 18.8 Å². The first-order valence-corrected chi connectivity index (χ1v) is 11.1. The van der Waals surface area contributed by atoms with Crippen molar-refractivity contribution in [1.82, 2.24) is 9.88 Å². The lowest BCUT2D eigenvalue weighted by Crippen LogP contribution is -2.39. The number of nitrogens with zero attached hydrogens (tertiary/aromatic N) is 2. The molecule has 1 unspecified atom stereocenters. The van der Waals surface area contributed by atoms with E-state index < -0.39 is 0 Å². The zero-order chi connectivity index (χ0) is 21.2. The zero-order valence-corrected chi connectivity index (χ0v) is 17.6. The number of carbonyl (C=O) groups excluding carboxylic acids is 2. The molecule has 1 saturated heterocycles. The standard InChI is InChI=1S/C24H21N3O3S/c28-22(20-7-4-14-30-20)25-18-11-9-16(10-12-18)24(29)27-13-3-5-17(15-27)23-26-19-6-1-2-8-21(19)31-23/h1-2,4,6-12,14,17H,3,5,13,15H2,(H,25,28). The highest BCUT2D eigenvalue weighted by Crippen LogP contribution is 2.33. The molecule has 1 aliphatic heterocycles. The molecular formula is C24H21N3O3S. The average molecular weight is 432 g/mol. The Kier molecular flexibility index (Phi) is 5.26. The van der Waals surface area contributed by atoms with Crippen molar-refractivity contribution in [2.75, 3.05) is 18.4 Å². The maximum Gasteiger partial charge on any atom is 0.291 e. The average Bonchev–Trinajstić information content (AvgIpc) is 3.49. The van der Waals surface area contributed by atoms with Crippen molar-refractivity contribution in [3.63, 3.8) is 0 Å². The second kappa shape index (κ2) is 8.35. The van der Waals surface area contributed by atoms with Gasteiger partial charge in [-0.3, -0.25) is 9.59 Å². The smallest absolute Gasteiger partial charge is 0.291 e. The summed E-state index contributed by atoms with van der Waals surface area (Å²) in [6, 6.07) is 18.4. The van der Waals surface area contributed by atoms with Gasteiger partial charge in [0.05, 0.1) is 21.5 Å². The van der Waals surface area contributed by atoms with Crippen LogP contribution in [-0.4, -0.2) is 34.8 Å². The Morgan fingerprint density at radius 2 is 1.90 bits per heavy atom. The van der Waals surface area contributed by atoms with Crippen LogP contribution in [0.1, 0.15) is 44.7 Å². The number of fused-ring (bicyclic) bond motifs is 1. The summed E-state index contributed by atoms with van der Waals surface area (Å²) in [6.45, 7) is 1.42. The Labute approximate surface area is 183 Å². The number of aromatic nitrogens is 1. The van der Waals surface area contributed by atoms with E-state index in [1.807, 2.05) is 23.1 Å². The Bertz CT molecular complexity index is 1180. The highest BCUT2D eigenvalue weighted by Gasteiger charge is 2.27. The number of rotatable bonds is 4. The second-order valence-electron chi connectivity index (χ2n) is 7.62. The van der Waals surface area contributed by atoms with Crippen molar-refractivity contribution in [3.05, 3.63) is 83.3 Å². The first kappa shape index (κ1) is 19.5. The number of nitrogens with one attached hydrogen (secondary N) is 1. The van der Waals surface area contributed by atoms with Gasteiger partial charge in [0.1, 0.15) is 0 Å². The third-order valence-corrected chi connectivity index (χ3v) is 6.70. The summed E-state index contributed by atoms with van der Waals surface area (Å²) in [4.78, 5) is 31.9. The van der Waals surface area contributed by atoms with Crippen LogP contribution in [0.15, 0.2) is 71.3 Å². The Morgan fingerprint density at radius 3 is 2.68 bits per heavy atom. The van der Waals surface area contributed by atoms with Crippen LogP contribution < -0.4 is 5.32 Å². The molecule has 5 rings (SSSR count). The molecule has 0 aliphatic carbocycles. The highest BCUT2D eigenvalue weighted by molar-refractivity contribution is 7.18. The maximum absolute atomic E-state index is 13.1. The van der Waals surface area contributed by atoms with Crippen molar-refractivity contribution >= 4 is 39.1 Å². The van der Waals surface area contributed by atoms with E-state index in [1.54, 1.807) is 47.7 Å². The van der Waals surface area contributed by atoms with E-state index in [0.29, 0.717) is 17.8 Å². The summed E-state index contributed by atoms with van der Waals surface area (Å²) >= 11 is 1.72. The number of thiazole rings is 1. The molecule has 0 saturated carbocycles. The molecule has 1 fully saturated rings. The molecule has 31 heavy (non-hydrogen) atoms. The molecule has 1 N–H and O–H groups in total. The number of hydrogen-bond donors (Lipinski definition) is 1. The van der Waals surface area contributed by atoms with Gasteiger partial charge in [0.15, 0.2) is 5.76 Å². The molecule has 0 spiro atoms. The van der Waals surface area contributed by atoms with Crippen molar-refractivity contribution in [1.29, 1.82) is 0 Å². The van der Waals surface area contributed by atoms with Gasteiger partial charge < -0.3 is 14.6 Å². The van der Waals surface area contributed by atoms with Crippen LogP contribution in [0.2, 0.25) is 0 Å². The van der Waals surface area contributed by atoms with E-state index in [2.05, 4.69) is 11.4 Å². The van der Waals surface area contributed by atoms with Crippen LogP contribution in [0.25, 0.3) is 10.2 Å². The Balaban J connectivity index is 1.26. The lowest BCUT2D eigenvalue weighted by Gasteiger charge is -2.32. The Morgan fingerprint density at radius 1 is 1.06 bits per heavy atom. The number of anilines is 1. The normalized spacial score (nSPS) is 16.4. The van der Waals surface area contributed by atoms with E-state index >= 15 is 0 Å². The number of likely N-dealkylation sites (tertiary alicyclic amines) is 1. The topological polar surface area (TPSA) is 75.4 Å². The molecule has 0 radical (unpaired) electrons. The molecule has 6 nitrogen and oxygen atoms in total. The number of piperidine rings is 1. The fourth-order valence-corrected chi connectivity index (χ4v) is 5.00. The summed E-state index contributed by atoms with van der Waals surface area (Å²) in [6.07, 6.45) is 3.46. The van der Waals surface area contributed by atoms with E-state index in [0.717, 1.165) is 29.9 Å². The summed E-state index contributed by atoms with van der Waals surface area (Å²) in [5, 5.41) is 3.87. The highest BCUT2D eigenvalue weighted by atomic mass is 32.1. The molecule has 1 atom stereocenters. The SMILES string of the molecule is O=C(Nc1ccc(C(=O)N2CCCC(c3nc4ccccc4s3)C2)cc1)c1ccco1. The number of hydrogen-bond acceptors (Lipinski definition) is 5. The van der Waals surface area contributed by atoms with Gasteiger partial charge in [0.2, 0.25) is 0 Å². The summed E-state index contributed by atoms with van der Waals surface area (Å²) < 4.78 is 6.29. The molecule has 2 aromatic carbocycles. The quantitative estimate of drug-likeness (QED) is 0.484. The van der Waals surface area contributed by atoms with Crippen LogP contribution in [-0.2, 0) is 0 Å². The lowest BCUT2D eigenvalue weighted by atomic mass is 9.98. The third kappa shape index (κ3) is 4.09. The number of benzene rings is 2.